The van der Waals surface area contributed by atoms with E-state index >= 15 is 0 Å². The van der Waals surface area contributed by atoms with Gasteiger partial charge >= 0.3 is 30.0 Å². The smallest absolute Gasteiger partial charge is 0.415 e. The van der Waals surface area contributed by atoms with E-state index in [1.807, 2.05) is 60.7 Å². The molecule has 2 aromatic rings. The highest BCUT2D eigenvalue weighted by atomic mass is 16.6. The Morgan fingerprint density at radius 3 is 1.85 bits per heavy atom. The number of carboxylic acids is 1. The monoisotopic (exact) mass is 472 g/mol. The quantitative estimate of drug-likeness (QED) is 0.274. The van der Waals surface area contributed by atoms with Gasteiger partial charge in [0.25, 0.3) is 0 Å². The summed E-state index contributed by atoms with van der Waals surface area (Å²) in [4.78, 5) is 54.8. The van der Waals surface area contributed by atoms with Crippen molar-refractivity contribution in [2.45, 2.75) is 38.1 Å². The van der Waals surface area contributed by atoms with Crippen molar-refractivity contribution >= 4 is 30.0 Å². The highest BCUT2D eigenvalue weighted by Gasteiger charge is 2.34. The molecule has 180 valence electrons. The molecule has 4 N–H and O–H groups in total. The lowest BCUT2D eigenvalue weighted by Gasteiger charge is -2.07. The van der Waals surface area contributed by atoms with Crippen molar-refractivity contribution in [2.75, 3.05) is 0 Å². The van der Waals surface area contributed by atoms with E-state index in [4.69, 9.17) is 20.3 Å². The normalized spacial score (nSPS) is 15.1. The first-order chi connectivity index (χ1) is 16.2. The van der Waals surface area contributed by atoms with Crippen LogP contribution in [0.3, 0.4) is 0 Å². The number of benzene rings is 2. The number of carbonyl (C=O) groups excluding carboxylic acids is 4. The first kappa shape index (κ1) is 26.0. The Morgan fingerprint density at radius 2 is 1.41 bits per heavy atom. The molecule has 0 saturated carbocycles. The fraction of sp³-hybridized carbons (Fsp3) is 0.261. The van der Waals surface area contributed by atoms with Crippen LogP contribution in [0.1, 0.15) is 24.0 Å². The molecule has 1 aliphatic rings. The summed E-state index contributed by atoms with van der Waals surface area (Å²) >= 11 is 0. The Hall–Kier alpha value is -4.25. The van der Waals surface area contributed by atoms with Crippen LogP contribution in [-0.4, -0.2) is 47.2 Å². The van der Waals surface area contributed by atoms with Gasteiger partial charge < -0.3 is 30.4 Å². The van der Waals surface area contributed by atoms with Crippen LogP contribution < -0.4 is 11.1 Å². The predicted octanol–water partition coefficient (Wildman–Crippen LogP) is 1.29. The lowest BCUT2D eigenvalue weighted by atomic mass is 10.2. The molecule has 2 unspecified atom stereocenters. The molecule has 11 nitrogen and oxygen atoms in total. The van der Waals surface area contributed by atoms with E-state index < -0.39 is 42.1 Å². The second-order valence-corrected chi connectivity index (χ2v) is 7.05. The van der Waals surface area contributed by atoms with Crippen molar-refractivity contribution < 1.29 is 43.3 Å². The maximum atomic E-state index is 11.4. The van der Waals surface area contributed by atoms with Gasteiger partial charge in [-0.1, -0.05) is 60.7 Å². The molecule has 3 rings (SSSR count). The van der Waals surface area contributed by atoms with E-state index in [9.17, 15) is 24.0 Å². The summed E-state index contributed by atoms with van der Waals surface area (Å²) in [5.41, 5.74) is 6.88. The van der Waals surface area contributed by atoms with Crippen LogP contribution in [0.25, 0.3) is 0 Å². The highest BCUT2D eigenvalue weighted by Crippen LogP contribution is 2.07. The van der Waals surface area contributed by atoms with Gasteiger partial charge in [-0.15, -0.1) is 0 Å². The molecular formula is C23H24N2O9. The molecule has 1 heterocycles. The maximum absolute atomic E-state index is 11.4. The third-order valence-corrected chi connectivity index (χ3v) is 4.33. The Bertz CT molecular complexity index is 996. The molecule has 0 aliphatic carbocycles. The molecule has 0 radical (unpaired) electrons. The number of hydrogen-bond acceptors (Lipinski definition) is 9. The van der Waals surface area contributed by atoms with Gasteiger partial charge in [0.05, 0.1) is 12.8 Å². The largest absolute Gasteiger partial charge is 0.480 e. The number of nitrogens with two attached hydrogens (primary N) is 1. The summed E-state index contributed by atoms with van der Waals surface area (Å²) in [6.07, 6.45) is -1.37. The number of hydrogen-bond donors (Lipinski definition) is 3. The molecule has 1 aliphatic heterocycles. The standard InChI is InChI=1S/C12H11NO5.C11H13NO4/c14-10(6-9-11(15)18-12(16)13-9)17-7-8-4-2-1-3-5-8;12-9(11(14)15)6-10(13)16-7-8-4-2-1-3-5-8/h1-5,9H,6-7H2,(H,13,16);1-5,9H,6-7,12H2,(H,14,15). The number of rotatable bonds is 9. The van der Waals surface area contributed by atoms with Crippen LogP contribution in [0, 0.1) is 0 Å². The Labute approximate surface area is 194 Å². The SMILES string of the molecule is NC(CC(=O)OCc1ccccc1)C(=O)O.O=C(CC1NC(=O)OC1=O)OCc1ccccc1. The Kier molecular flexibility index (Phi) is 10.2. The topological polar surface area (TPSA) is 171 Å². The van der Waals surface area contributed by atoms with Crippen LogP contribution in [-0.2, 0) is 46.6 Å². The molecule has 0 aromatic heterocycles. The number of ether oxygens (including phenoxy) is 3. The van der Waals surface area contributed by atoms with Crippen LogP contribution >= 0.6 is 0 Å². The number of cyclic esters (lactones) is 2. The number of amides is 1. The van der Waals surface area contributed by atoms with Crippen LogP contribution in [0.5, 0.6) is 0 Å². The average Bonchev–Trinajstić information content (AvgIpc) is 3.14. The number of nitrogens with one attached hydrogen (secondary N) is 1. The molecule has 1 amide bonds. The molecule has 0 bridgehead atoms. The van der Waals surface area contributed by atoms with Gasteiger partial charge in [-0.2, -0.15) is 0 Å². The fourth-order valence-corrected chi connectivity index (χ4v) is 2.56. The minimum absolute atomic E-state index is 0.131. The zero-order chi connectivity index (χ0) is 24.9. The van der Waals surface area contributed by atoms with Gasteiger partial charge in [-0.3, -0.25) is 14.4 Å². The number of carboxylic acid groups (broad SMARTS) is 1. The molecule has 1 saturated heterocycles. The first-order valence-corrected chi connectivity index (χ1v) is 10.1. The second-order valence-electron chi connectivity index (χ2n) is 7.05. The lowest BCUT2D eigenvalue weighted by Crippen LogP contribution is -2.33. The van der Waals surface area contributed by atoms with Crippen LogP contribution in [0.2, 0.25) is 0 Å². The molecule has 1 fully saturated rings. The molecule has 0 spiro atoms. The zero-order valence-electron chi connectivity index (χ0n) is 18.0. The minimum atomic E-state index is -1.21. The van der Waals surface area contributed by atoms with Crippen molar-refractivity contribution in [3.8, 4) is 0 Å². The lowest BCUT2D eigenvalue weighted by molar-refractivity contribution is -0.149. The van der Waals surface area contributed by atoms with Crippen molar-refractivity contribution in [3.63, 3.8) is 0 Å². The van der Waals surface area contributed by atoms with E-state index in [1.54, 1.807) is 0 Å². The summed E-state index contributed by atoms with van der Waals surface area (Å²) in [6, 6.07) is 16.1. The van der Waals surface area contributed by atoms with Gasteiger partial charge in [0.1, 0.15) is 25.3 Å². The zero-order valence-corrected chi connectivity index (χ0v) is 18.0. The van der Waals surface area contributed by atoms with Crippen LogP contribution in [0.15, 0.2) is 60.7 Å². The second kappa shape index (κ2) is 13.3. The van der Waals surface area contributed by atoms with Gasteiger partial charge in [0.2, 0.25) is 0 Å². The first-order valence-electron chi connectivity index (χ1n) is 10.1. The fourth-order valence-electron chi connectivity index (χ4n) is 2.56. The summed E-state index contributed by atoms with van der Waals surface area (Å²) in [5.74, 6) is -3.14. The maximum Gasteiger partial charge on any atom is 0.415 e. The van der Waals surface area contributed by atoms with E-state index in [-0.39, 0.29) is 26.1 Å². The predicted molar refractivity (Wildman–Crippen MR) is 116 cm³/mol. The van der Waals surface area contributed by atoms with Crippen molar-refractivity contribution in [2.24, 2.45) is 5.73 Å². The Morgan fingerprint density at radius 1 is 0.912 bits per heavy atom. The van der Waals surface area contributed by atoms with Gasteiger partial charge in [-0.25, -0.2) is 9.59 Å². The summed E-state index contributed by atoms with van der Waals surface area (Å²) in [6.45, 7) is 0.265. The van der Waals surface area contributed by atoms with E-state index in [1.165, 1.54) is 0 Å². The number of carbonyl (C=O) groups is 5. The molecule has 2 aromatic carbocycles. The summed E-state index contributed by atoms with van der Waals surface area (Å²) in [5, 5.41) is 10.7. The summed E-state index contributed by atoms with van der Waals surface area (Å²) < 4.78 is 14.1. The van der Waals surface area contributed by atoms with Gasteiger partial charge in [0.15, 0.2) is 0 Å². The number of alkyl carbamates (subject to hydrolysis) is 1. The Balaban J connectivity index is 0.000000242. The molecule has 34 heavy (non-hydrogen) atoms. The average molecular weight is 472 g/mol. The minimum Gasteiger partial charge on any atom is -0.480 e. The number of aliphatic carboxylic acids is 1. The third-order valence-electron chi connectivity index (χ3n) is 4.33. The third kappa shape index (κ3) is 9.49. The van der Waals surface area contributed by atoms with Crippen molar-refractivity contribution in [3.05, 3.63) is 71.8 Å². The van der Waals surface area contributed by atoms with Gasteiger partial charge in [-0.05, 0) is 11.1 Å². The van der Waals surface area contributed by atoms with Crippen molar-refractivity contribution in [1.29, 1.82) is 0 Å². The van der Waals surface area contributed by atoms with Crippen molar-refractivity contribution in [1.82, 2.24) is 5.32 Å². The highest BCUT2D eigenvalue weighted by molar-refractivity contribution is 5.97. The molecular weight excluding hydrogens is 448 g/mol. The molecule has 11 heteroatoms. The van der Waals surface area contributed by atoms with Crippen LogP contribution in [0.4, 0.5) is 4.79 Å². The summed E-state index contributed by atoms with van der Waals surface area (Å²) in [7, 11) is 0. The molecule has 2 atom stereocenters. The number of esters is 3. The van der Waals surface area contributed by atoms with E-state index in [0.717, 1.165) is 11.1 Å². The van der Waals surface area contributed by atoms with Gasteiger partial charge in [0, 0.05) is 0 Å². The van der Waals surface area contributed by atoms with E-state index in [2.05, 4.69) is 10.1 Å². The van der Waals surface area contributed by atoms with E-state index in [0.29, 0.717) is 0 Å².